The second-order valence-electron chi connectivity index (χ2n) is 6.58. The monoisotopic (exact) mass is 432 g/mol. The van der Waals surface area contributed by atoms with E-state index >= 15 is 0 Å². The number of ether oxygens (including phenoxy) is 1. The molecule has 6 nitrogen and oxygen atoms in total. The number of thioether (sulfide) groups is 1. The molecule has 8 heteroatoms. The highest BCUT2D eigenvalue weighted by Gasteiger charge is 2.09. The maximum Gasteiger partial charge on any atom is 0.256 e. The lowest BCUT2D eigenvalue weighted by atomic mass is 10.2. The molecule has 1 aromatic carbocycles. The molecular weight excluding hydrogens is 408 g/mol. The number of aromatic nitrogens is 2. The zero-order valence-corrected chi connectivity index (χ0v) is 18.3. The first kappa shape index (κ1) is 22.9. The van der Waals surface area contributed by atoms with Crippen LogP contribution < -0.4 is 10.1 Å². The van der Waals surface area contributed by atoms with Gasteiger partial charge in [0.15, 0.2) is 5.65 Å². The number of carbonyl (C=O) groups is 1. The highest BCUT2D eigenvalue weighted by Crippen LogP contribution is 2.21. The number of anilines is 1. The van der Waals surface area contributed by atoms with E-state index in [0.717, 1.165) is 29.1 Å². The first-order valence-corrected chi connectivity index (χ1v) is 10.0. The van der Waals surface area contributed by atoms with Gasteiger partial charge in [-0.3, -0.25) is 4.79 Å². The number of hydrogen-bond acceptors (Lipinski definition) is 6. The lowest BCUT2D eigenvalue weighted by molar-refractivity contribution is 0.102. The topological polar surface area (TPSA) is 67.3 Å². The summed E-state index contributed by atoms with van der Waals surface area (Å²) in [5.41, 5.74) is 1.17. The van der Waals surface area contributed by atoms with Gasteiger partial charge in [-0.2, -0.15) is 0 Å². The van der Waals surface area contributed by atoms with Gasteiger partial charge in [-0.1, -0.05) is 0 Å². The summed E-state index contributed by atoms with van der Waals surface area (Å²) >= 11 is 1.72. The quantitative estimate of drug-likeness (QED) is 0.421. The van der Waals surface area contributed by atoms with Gasteiger partial charge < -0.3 is 15.0 Å². The first-order valence-electron chi connectivity index (χ1n) is 9.06. The number of halogens is 1. The molecule has 0 radical (unpaired) electrons. The van der Waals surface area contributed by atoms with Crippen LogP contribution in [-0.4, -0.2) is 54.3 Å². The number of benzene rings is 1. The minimum atomic E-state index is -0.219. The van der Waals surface area contributed by atoms with Crippen molar-refractivity contribution in [2.45, 2.75) is 11.4 Å². The Morgan fingerprint density at radius 2 is 1.79 bits per heavy atom. The van der Waals surface area contributed by atoms with Crippen LogP contribution in [0.4, 0.5) is 5.82 Å². The molecule has 0 spiro atoms. The zero-order chi connectivity index (χ0) is 19.9. The Labute approximate surface area is 181 Å². The molecule has 29 heavy (non-hydrogen) atoms. The number of nitrogens with one attached hydrogen (secondary N) is 1. The van der Waals surface area contributed by atoms with Gasteiger partial charge in [0.1, 0.15) is 11.6 Å². The molecule has 3 aromatic rings. The van der Waals surface area contributed by atoms with Gasteiger partial charge >= 0.3 is 0 Å². The largest absolute Gasteiger partial charge is 0.497 e. The molecule has 0 fully saturated rings. The van der Waals surface area contributed by atoms with Crippen molar-refractivity contribution in [3.8, 4) is 5.75 Å². The number of amides is 1. The minimum Gasteiger partial charge on any atom is -0.497 e. The SMILES string of the molecule is COc1ccc(C(=O)Nc2ccc3ccc(SCCCN(C)C)nc3n2)cc1.Cl. The lowest BCUT2D eigenvalue weighted by Crippen LogP contribution is -2.13. The Morgan fingerprint density at radius 3 is 2.48 bits per heavy atom. The van der Waals surface area contributed by atoms with Crippen LogP contribution in [-0.2, 0) is 0 Å². The average Bonchev–Trinajstić information content (AvgIpc) is 2.71. The van der Waals surface area contributed by atoms with Crippen LogP contribution in [0.2, 0.25) is 0 Å². The second-order valence-corrected chi connectivity index (χ2v) is 7.70. The predicted molar refractivity (Wildman–Crippen MR) is 122 cm³/mol. The number of nitrogens with zero attached hydrogens (tertiary/aromatic N) is 3. The van der Waals surface area contributed by atoms with Gasteiger partial charge in [0.25, 0.3) is 5.91 Å². The van der Waals surface area contributed by atoms with E-state index in [1.165, 1.54) is 0 Å². The second kappa shape index (κ2) is 11.0. The fraction of sp³-hybridized carbons (Fsp3) is 0.286. The molecule has 3 rings (SSSR count). The zero-order valence-electron chi connectivity index (χ0n) is 16.7. The van der Waals surface area contributed by atoms with Crippen LogP contribution in [0.3, 0.4) is 0 Å². The van der Waals surface area contributed by atoms with Gasteiger partial charge in [0.05, 0.1) is 12.1 Å². The predicted octanol–water partition coefficient (Wildman–Crippen LogP) is 4.36. The van der Waals surface area contributed by atoms with Gasteiger partial charge in [0.2, 0.25) is 0 Å². The third-order valence-corrected chi connectivity index (χ3v) is 5.14. The molecular formula is C21H25ClN4O2S. The number of pyridine rings is 2. The smallest absolute Gasteiger partial charge is 0.256 e. The number of methoxy groups -OCH3 is 1. The summed E-state index contributed by atoms with van der Waals surface area (Å²) in [6.45, 7) is 1.06. The normalized spacial score (nSPS) is 10.6. The third kappa shape index (κ3) is 6.59. The van der Waals surface area contributed by atoms with E-state index in [2.05, 4.69) is 34.3 Å². The van der Waals surface area contributed by atoms with Gasteiger partial charge in [-0.05, 0) is 75.6 Å². The Balaban J connectivity index is 0.00000300. The summed E-state index contributed by atoms with van der Waals surface area (Å²) in [5, 5.41) is 4.72. The van der Waals surface area contributed by atoms with Crippen molar-refractivity contribution in [2.75, 3.05) is 38.8 Å². The van der Waals surface area contributed by atoms with Gasteiger partial charge in [-0.25, -0.2) is 9.97 Å². The van der Waals surface area contributed by atoms with Crippen LogP contribution in [0, 0.1) is 0 Å². The number of rotatable bonds is 8. The molecule has 0 aliphatic heterocycles. The standard InChI is InChI=1S/C21H24N4O2S.ClH/c1-25(2)13-4-14-28-19-12-8-15-7-11-18(22-20(15)24-19)23-21(26)16-5-9-17(27-3)10-6-16;/h5-12H,4,13-14H2,1-3H3,(H,22,23,24,26);1H. The molecule has 2 heterocycles. The number of carbonyl (C=O) groups excluding carboxylic acids is 1. The van der Waals surface area contributed by atoms with E-state index < -0.39 is 0 Å². The molecule has 0 saturated heterocycles. The van der Waals surface area contributed by atoms with Crippen molar-refractivity contribution in [1.29, 1.82) is 0 Å². The van der Waals surface area contributed by atoms with Crippen LogP contribution >= 0.6 is 24.2 Å². The summed E-state index contributed by atoms with van der Waals surface area (Å²) < 4.78 is 5.12. The van der Waals surface area contributed by atoms with E-state index in [9.17, 15) is 4.79 Å². The summed E-state index contributed by atoms with van der Waals surface area (Å²) in [7, 11) is 5.74. The molecule has 0 saturated carbocycles. The highest BCUT2D eigenvalue weighted by atomic mass is 35.5. The molecule has 0 aliphatic rings. The van der Waals surface area contributed by atoms with Gasteiger partial charge in [0, 0.05) is 16.7 Å². The Morgan fingerprint density at radius 1 is 1.07 bits per heavy atom. The Kier molecular flexibility index (Phi) is 8.70. The average molecular weight is 433 g/mol. The third-order valence-electron chi connectivity index (χ3n) is 4.12. The summed E-state index contributed by atoms with van der Waals surface area (Å²) in [6, 6.07) is 14.7. The van der Waals surface area contributed by atoms with E-state index in [1.807, 2.05) is 18.2 Å². The maximum absolute atomic E-state index is 12.4. The van der Waals surface area contributed by atoms with Crippen LogP contribution in [0.25, 0.3) is 11.0 Å². The van der Waals surface area contributed by atoms with E-state index in [1.54, 1.807) is 49.2 Å². The van der Waals surface area contributed by atoms with Gasteiger partial charge in [-0.15, -0.1) is 24.2 Å². The Hall–Kier alpha value is -2.35. The fourth-order valence-electron chi connectivity index (χ4n) is 2.62. The fourth-order valence-corrected chi connectivity index (χ4v) is 3.42. The van der Waals surface area contributed by atoms with E-state index in [4.69, 9.17) is 4.74 Å². The highest BCUT2D eigenvalue weighted by molar-refractivity contribution is 7.99. The van der Waals surface area contributed by atoms with Crippen molar-refractivity contribution in [3.05, 3.63) is 54.1 Å². The minimum absolute atomic E-state index is 0. The lowest BCUT2D eigenvalue weighted by Gasteiger charge is -2.09. The summed E-state index contributed by atoms with van der Waals surface area (Å²) in [6.07, 6.45) is 1.10. The molecule has 1 N–H and O–H groups in total. The van der Waals surface area contributed by atoms with Crippen molar-refractivity contribution in [3.63, 3.8) is 0 Å². The summed E-state index contributed by atoms with van der Waals surface area (Å²) in [5.74, 6) is 1.98. The molecule has 2 aromatic heterocycles. The maximum atomic E-state index is 12.4. The number of hydrogen-bond donors (Lipinski definition) is 1. The van der Waals surface area contributed by atoms with E-state index in [0.29, 0.717) is 22.8 Å². The molecule has 0 atom stereocenters. The van der Waals surface area contributed by atoms with E-state index in [-0.39, 0.29) is 18.3 Å². The molecule has 0 bridgehead atoms. The van der Waals surface area contributed by atoms with Crippen molar-refractivity contribution in [2.24, 2.45) is 0 Å². The molecule has 1 amide bonds. The van der Waals surface area contributed by atoms with Crippen molar-refractivity contribution in [1.82, 2.24) is 14.9 Å². The summed E-state index contributed by atoms with van der Waals surface area (Å²) in [4.78, 5) is 23.7. The molecule has 154 valence electrons. The first-order chi connectivity index (χ1) is 13.5. The molecule has 0 aliphatic carbocycles. The van der Waals surface area contributed by atoms with Crippen LogP contribution in [0.1, 0.15) is 16.8 Å². The Bertz CT molecular complexity index is 951. The molecule has 0 unspecified atom stereocenters. The van der Waals surface area contributed by atoms with Crippen molar-refractivity contribution < 1.29 is 9.53 Å². The van der Waals surface area contributed by atoms with Crippen LogP contribution in [0.15, 0.2) is 53.6 Å². The van der Waals surface area contributed by atoms with Crippen molar-refractivity contribution >= 4 is 46.9 Å². The number of fused-ring (bicyclic) bond motifs is 1. The van der Waals surface area contributed by atoms with Crippen LogP contribution in [0.5, 0.6) is 5.75 Å².